The number of benzene rings is 1. The highest BCUT2D eigenvalue weighted by Crippen LogP contribution is 2.21. The number of nitrogens with one attached hydrogen (secondary N) is 2. The second-order valence-electron chi connectivity index (χ2n) is 3.44. The second kappa shape index (κ2) is 5.05. The van der Waals surface area contributed by atoms with E-state index in [2.05, 4.69) is 16.9 Å². The lowest BCUT2D eigenvalue weighted by molar-refractivity contribution is 1.04. The number of hydrogen-bond donors (Lipinski definition) is 2. The van der Waals surface area contributed by atoms with Gasteiger partial charge in [0.2, 0.25) is 0 Å². The van der Waals surface area contributed by atoms with E-state index in [1.165, 1.54) is 6.20 Å². The summed E-state index contributed by atoms with van der Waals surface area (Å²) in [5, 5.41) is 0. The molecule has 88 valence electrons. The third-order valence-corrected chi connectivity index (χ3v) is 3.19. The van der Waals surface area contributed by atoms with Gasteiger partial charge in [-0.1, -0.05) is 19.1 Å². The normalized spacial score (nSPS) is 10.4. The largest absolute Gasteiger partial charge is 0.325 e. The first kappa shape index (κ1) is 11.7. The molecule has 2 rings (SSSR count). The van der Waals surface area contributed by atoms with E-state index < -0.39 is 5.69 Å². The summed E-state index contributed by atoms with van der Waals surface area (Å²) < 4.78 is 0. The Balaban J connectivity index is 2.40. The fourth-order valence-corrected chi connectivity index (χ4v) is 2.18. The molecule has 0 aliphatic heterocycles. The van der Waals surface area contributed by atoms with Crippen molar-refractivity contribution in [3.05, 3.63) is 51.3 Å². The summed E-state index contributed by atoms with van der Waals surface area (Å²) in [5.74, 6) is 1.01. The highest BCUT2D eigenvalue weighted by Gasteiger charge is 2.03. The predicted octanol–water partition coefficient (Wildman–Crippen LogP) is 1.84. The van der Waals surface area contributed by atoms with E-state index in [0.717, 1.165) is 16.2 Å². The molecule has 0 aliphatic rings. The topological polar surface area (TPSA) is 65.7 Å². The minimum Gasteiger partial charge on any atom is -0.313 e. The summed E-state index contributed by atoms with van der Waals surface area (Å²) in [6, 6.07) is 7.68. The van der Waals surface area contributed by atoms with Gasteiger partial charge in [-0.3, -0.25) is 9.78 Å². The van der Waals surface area contributed by atoms with Crippen LogP contribution in [0.1, 0.15) is 6.92 Å². The molecule has 1 aromatic carbocycles. The minimum absolute atomic E-state index is 0.371. The Morgan fingerprint density at radius 1 is 1.18 bits per heavy atom. The molecule has 0 atom stereocenters. The van der Waals surface area contributed by atoms with Gasteiger partial charge >= 0.3 is 5.69 Å². The standard InChI is InChI=1S/C12H12N2O2S/c1-2-17-9-5-3-8(4-6-9)10-7-13-12(16)14-11(10)15/h3-7H,2H2,1H3,(H2,13,14,15,16). The van der Waals surface area contributed by atoms with E-state index in [1.807, 2.05) is 24.3 Å². The predicted molar refractivity (Wildman–Crippen MR) is 69.5 cm³/mol. The molecule has 0 aliphatic carbocycles. The molecule has 0 spiro atoms. The smallest absolute Gasteiger partial charge is 0.313 e. The fraction of sp³-hybridized carbons (Fsp3) is 0.167. The van der Waals surface area contributed by atoms with E-state index >= 15 is 0 Å². The first-order valence-corrected chi connectivity index (χ1v) is 6.24. The Bertz CT molecular complexity index is 613. The molecule has 2 aromatic rings. The van der Waals surface area contributed by atoms with E-state index in [4.69, 9.17) is 0 Å². The van der Waals surface area contributed by atoms with Crippen LogP contribution in [-0.2, 0) is 0 Å². The fourth-order valence-electron chi connectivity index (χ4n) is 1.52. The average molecular weight is 248 g/mol. The van der Waals surface area contributed by atoms with Crippen LogP contribution in [-0.4, -0.2) is 15.7 Å². The van der Waals surface area contributed by atoms with Crippen molar-refractivity contribution in [3.8, 4) is 11.1 Å². The van der Waals surface area contributed by atoms with Crippen molar-refractivity contribution >= 4 is 11.8 Å². The van der Waals surface area contributed by atoms with Crippen molar-refractivity contribution in [1.82, 2.24) is 9.97 Å². The van der Waals surface area contributed by atoms with Gasteiger partial charge in [-0.2, -0.15) is 0 Å². The van der Waals surface area contributed by atoms with Crippen LogP contribution in [0.3, 0.4) is 0 Å². The molecule has 0 unspecified atom stereocenters. The molecule has 2 N–H and O–H groups in total. The van der Waals surface area contributed by atoms with Crippen molar-refractivity contribution in [3.63, 3.8) is 0 Å². The summed E-state index contributed by atoms with van der Waals surface area (Å²) in [6.45, 7) is 2.09. The van der Waals surface area contributed by atoms with Crippen molar-refractivity contribution in [2.45, 2.75) is 11.8 Å². The maximum absolute atomic E-state index is 11.6. The zero-order chi connectivity index (χ0) is 12.3. The number of H-pyrrole nitrogens is 2. The first-order valence-electron chi connectivity index (χ1n) is 5.26. The van der Waals surface area contributed by atoms with Crippen LogP contribution in [0.15, 0.2) is 44.9 Å². The molecule has 0 saturated heterocycles. The van der Waals surface area contributed by atoms with Gasteiger partial charge in [0.15, 0.2) is 0 Å². The zero-order valence-electron chi connectivity index (χ0n) is 9.32. The van der Waals surface area contributed by atoms with Crippen LogP contribution in [0.5, 0.6) is 0 Å². The van der Waals surface area contributed by atoms with Crippen molar-refractivity contribution < 1.29 is 0 Å². The lowest BCUT2D eigenvalue weighted by Gasteiger charge is -2.02. The second-order valence-corrected chi connectivity index (χ2v) is 4.78. The Morgan fingerprint density at radius 2 is 1.88 bits per heavy atom. The summed E-state index contributed by atoms with van der Waals surface area (Å²) in [4.78, 5) is 28.3. The molecule has 17 heavy (non-hydrogen) atoms. The number of aromatic nitrogens is 2. The van der Waals surface area contributed by atoms with E-state index in [0.29, 0.717) is 5.56 Å². The van der Waals surface area contributed by atoms with Crippen LogP contribution >= 0.6 is 11.8 Å². The third kappa shape index (κ3) is 2.68. The van der Waals surface area contributed by atoms with Crippen LogP contribution in [0, 0.1) is 0 Å². The summed E-state index contributed by atoms with van der Waals surface area (Å²) in [7, 11) is 0. The summed E-state index contributed by atoms with van der Waals surface area (Å²) in [5.41, 5.74) is 0.405. The lowest BCUT2D eigenvalue weighted by Crippen LogP contribution is -2.22. The molecule has 1 heterocycles. The molecule has 0 saturated carbocycles. The van der Waals surface area contributed by atoms with Gasteiger partial charge in [0, 0.05) is 11.1 Å². The van der Waals surface area contributed by atoms with Gasteiger partial charge in [0.1, 0.15) is 0 Å². The van der Waals surface area contributed by atoms with Crippen LogP contribution in [0.25, 0.3) is 11.1 Å². The van der Waals surface area contributed by atoms with Gasteiger partial charge in [0.25, 0.3) is 5.56 Å². The molecule has 0 radical (unpaired) electrons. The minimum atomic E-state index is -0.489. The third-order valence-electron chi connectivity index (χ3n) is 2.30. The molecule has 5 heteroatoms. The number of hydrogen-bond acceptors (Lipinski definition) is 3. The van der Waals surface area contributed by atoms with E-state index in [9.17, 15) is 9.59 Å². The van der Waals surface area contributed by atoms with Gasteiger partial charge < -0.3 is 4.98 Å². The first-order chi connectivity index (χ1) is 8.20. The number of thioether (sulfide) groups is 1. The molecule has 1 aromatic heterocycles. The van der Waals surface area contributed by atoms with Crippen LogP contribution in [0.4, 0.5) is 0 Å². The monoisotopic (exact) mass is 248 g/mol. The quantitative estimate of drug-likeness (QED) is 0.815. The number of aromatic amines is 2. The summed E-state index contributed by atoms with van der Waals surface area (Å²) in [6.07, 6.45) is 1.43. The SMILES string of the molecule is CCSc1ccc(-c2c[nH]c(=O)[nH]c2=O)cc1. The van der Waals surface area contributed by atoms with Crippen molar-refractivity contribution in [2.24, 2.45) is 0 Å². The summed E-state index contributed by atoms with van der Waals surface area (Å²) >= 11 is 1.74. The van der Waals surface area contributed by atoms with Gasteiger partial charge in [0.05, 0.1) is 5.56 Å². The van der Waals surface area contributed by atoms with Crippen LogP contribution in [0.2, 0.25) is 0 Å². The Morgan fingerprint density at radius 3 is 2.47 bits per heavy atom. The molecule has 4 nitrogen and oxygen atoms in total. The Labute approximate surface area is 102 Å². The van der Waals surface area contributed by atoms with Gasteiger partial charge in [-0.15, -0.1) is 11.8 Å². The maximum atomic E-state index is 11.6. The van der Waals surface area contributed by atoms with Crippen molar-refractivity contribution in [2.75, 3.05) is 5.75 Å². The molecule has 0 bridgehead atoms. The van der Waals surface area contributed by atoms with E-state index in [-0.39, 0.29) is 5.56 Å². The van der Waals surface area contributed by atoms with Crippen molar-refractivity contribution in [1.29, 1.82) is 0 Å². The Kier molecular flexibility index (Phi) is 3.49. The molecular formula is C12H12N2O2S. The zero-order valence-corrected chi connectivity index (χ0v) is 10.1. The molecular weight excluding hydrogens is 236 g/mol. The van der Waals surface area contributed by atoms with Crippen LogP contribution < -0.4 is 11.2 Å². The molecule has 0 amide bonds. The molecule has 0 fully saturated rings. The van der Waals surface area contributed by atoms with Gasteiger partial charge in [-0.25, -0.2) is 4.79 Å². The van der Waals surface area contributed by atoms with Gasteiger partial charge in [-0.05, 0) is 23.4 Å². The Hall–Kier alpha value is -1.75. The highest BCUT2D eigenvalue weighted by molar-refractivity contribution is 7.99. The average Bonchev–Trinajstić information content (AvgIpc) is 2.31. The van der Waals surface area contributed by atoms with E-state index in [1.54, 1.807) is 11.8 Å². The highest BCUT2D eigenvalue weighted by atomic mass is 32.2. The maximum Gasteiger partial charge on any atom is 0.325 e. The number of rotatable bonds is 3. The lowest BCUT2D eigenvalue weighted by atomic mass is 10.1.